The molecule has 0 bridgehead atoms. The predicted octanol–water partition coefficient (Wildman–Crippen LogP) is 2.08. The Kier molecular flexibility index (Phi) is 12.1. The highest BCUT2D eigenvalue weighted by Gasteiger charge is 2.36. The molecule has 0 rings (SSSR count). The number of allylic oxidation sites excluding steroid dienone is 1. The van der Waals surface area contributed by atoms with Crippen molar-refractivity contribution in [3.05, 3.63) is 11.6 Å². The Bertz CT molecular complexity index is 555. The van der Waals surface area contributed by atoms with Gasteiger partial charge in [0.25, 0.3) is 0 Å². The molecular formula is C21H36O7. The number of hydrogen-bond donors (Lipinski definition) is 2. The Morgan fingerprint density at radius 3 is 2.14 bits per heavy atom. The molecule has 0 aromatic carbocycles. The fourth-order valence-electron chi connectivity index (χ4n) is 2.84. The van der Waals surface area contributed by atoms with Crippen LogP contribution in [0.4, 0.5) is 0 Å². The maximum atomic E-state index is 12.6. The Hall–Kier alpha value is -1.57. The van der Waals surface area contributed by atoms with Crippen LogP contribution >= 0.6 is 0 Å². The van der Waals surface area contributed by atoms with E-state index in [1.165, 1.54) is 27.0 Å². The molecule has 0 aromatic rings. The number of carbonyl (C=O) groups excluding carboxylic acids is 3. The fraction of sp³-hybridized carbons (Fsp3) is 0.762. The molecule has 0 heterocycles. The lowest BCUT2D eigenvalue weighted by Crippen LogP contribution is -2.42. The van der Waals surface area contributed by atoms with Gasteiger partial charge in [0, 0.05) is 18.9 Å². The van der Waals surface area contributed by atoms with Crippen LogP contribution in [-0.4, -0.2) is 59.8 Å². The van der Waals surface area contributed by atoms with Gasteiger partial charge in [0.15, 0.2) is 11.6 Å². The molecule has 7 heteroatoms. The van der Waals surface area contributed by atoms with Gasteiger partial charge in [-0.3, -0.25) is 14.4 Å². The van der Waals surface area contributed by atoms with Crippen LogP contribution in [0.2, 0.25) is 0 Å². The molecule has 0 saturated carbocycles. The van der Waals surface area contributed by atoms with Crippen molar-refractivity contribution in [1.82, 2.24) is 0 Å². The normalized spacial score (nSPS) is 18.5. The minimum Gasteiger partial charge on any atom is -0.462 e. The standard InChI is InChI=1S/C21H36O7/c1-8-14(4)28-21(26)16(6)19(24)15(5)20(25)17(27-7)11-13(3)18(23)12(2)9-10-22/h9,13-17,20,22,25H,8,10-11H2,1-7H3/b12-9+/t13-,14+,15+,16-,17-,20-/m1/s1. The highest BCUT2D eigenvalue weighted by Crippen LogP contribution is 2.23. The molecule has 0 unspecified atom stereocenters. The van der Waals surface area contributed by atoms with E-state index < -0.39 is 41.7 Å². The van der Waals surface area contributed by atoms with Crippen LogP contribution < -0.4 is 0 Å². The number of ketones is 2. The summed E-state index contributed by atoms with van der Waals surface area (Å²) in [6, 6.07) is 0. The molecule has 7 nitrogen and oxygen atoms in total. The first-order chi connectivity index (χ1) is 13.0. The van der Waals surface area contributed by atoms with Crippen molar-refractivity contribution in [1.29, 1.82) is 0 Å². The van der Waals surface area contributed by atoms with Gasteiger partial charge in [0.2, 0.25) is 0 Å². The van der Waals surface area contributed by atoms with Crippen LogP contribution in [0.5, 0.6) is 0 Å². The van der Waals surface area contributed by atoms with Crippen LogP contribution in [0.1, 0.15) is 54.4 Å². The van der Waals surface area contributed by atoms with Gasteiger partial charge in [-0.25, -0.2) is 0 Å². The number of methoxy groups -OCH3 is 1. The number of aliphatic hydroxyl groups is 2. The van der Waals surface area contributed by atoms with E-state index in [-0.39, 0.29) is 24.9 Å². The summed E-state index contributed by atoms with van der Waals surface area (Å²) in [7, 11) is 1.40. The minimum absolute atomic E-state index is 0.159. The van der Waals surface area contributed by atoms with Gasteiger partial charge < -0.3 is 19.7 Å². The van der Waals surface area contributed by atoms with Crippen LogP contribution in [0.15, 0.2) is 11.6 Å². The van der Waals surface area contributed by atoms with E-state index in [1.807, 2.05) is 6.92 Å². The second kappa shape index (κ2) is 12.8. The van der Waals surface area contributed by atoms with Crippen molar-refractivity contribution < 1.29 is 34.1 Å². The molecule has 2 N–H and O–H groups in total. The highest BCUT2D eigenvalue weighted by molar-refractivity contribution is 6.00. The molecule has 6 atom stereocenters. The van der Waals surface area contributed by atoms with Crippen molar-refractivity contribution in [3.8, 4) is 0 Å². The third-order valence-corrected chi connectivity index (χ3v) is 5.14. The first-order valence-corrected chi connectivity index (χ1v) is 9.78. The second-order valence-electron chi connectivity index (χ2n) is 7.40. The minimum atomic E-state index is -1.17. The lowest BCUT2D eigenvalue weighted by atomic mass is 9.84. The van der Waals surface area contributed by atoms with E-state index in [9.17, 15) is 19.5 Å². The zero-order valence-corrected chi connectivity index (χ0v) is 18.1. The number of aliphatic hydroxyl groups excluding tert-OH is 2. The van der Waals surface area contributed by atoms with Crippen LogP contribution in [-0.2, 0) is 23.9 Å². The number of Topliss-reactive ketones (excluding diaryl/α,β-unsaturated/α-hetero) is 2. The molecule has 0 radical (unpaired) electrons. The summed E-state index contributed by atoms with van der Waals surface area (Å²) < 4.78 is 10.5. The quantitative estimate of drug-likeness (QED) is 0.277. The first kappa shape index (κ1) is 26.4. The first-order valence-electron chi connectivity index (χ1n) is 9.78. The van der Waals surface area contributed by atoms with E-state index >= 15 is 0 Å². The summed E-state index contributed by atoms with van der Waals surface area (Å²) in [5.41, 5.74) is 0.435. The third-order valence-electron chi connectivity index (χ3n) is 5.14. The molecule has 0 aliphatic rings. The zero-order chi connectivity index (χ0) is 22.0. The lowest BCUT2D eigenvalue weighted by molar-refractivity contribution is -0.157. The molecule has 0 amide bonds. The van der Waals surface area contributed by atoms with Gasteiger partial charge in [-0.15, -0.1) is 0 Å². The van der Waals surface area contributed by atoms with E-state index in [0.717, 1.165) is 0 Å². The van der Waals surface area contributed by atoms with Gasteiger partial charge in [-0.1, -0.05) is 26.8 Å². The van der Waals surface area contributed by atoms with Gasteiger partial charge in [-0.2, -0.15) is 0 Å². The summed E-state index contributed by atoms with van der Waals surface area (Å²) in [6.07, 6.45) is 0.0692. The maximum absolute atomic E-state index is 12.6. The second-order valence-corrected chi connectivity index (χ2v) is 7.40. The van der Waals surface area contributed by atoms with Crippen molar-refractivity contribution >= 4 is 17.5 Å². The summed E-state index contributed by atoms with van der Waals surface area (Å²) in [6.45, 7) is 9.72. The monoisotopic (exact) mass is 400 g/mol. The fourth-order valence-corrected chi connectivity index (χ4v) is 2.84. The predicted molar refractivity (Wildman–Crippen MR) is 106 cm³/mol. The molecule has 162 valence electrons. The number of rotatable bonds is 13. The summed E-state index contributed by atoms with van der Waals surface area (Å²) in [4.78, 5) is 37.0. The van der Waals surface area contributed by atoms with Crippen LogP contribution in [0.3, 0.4) is 0 Å². The van der Waals surface area contributed by atoms with E-state index in [1.54, 1.807) is 20.8 Å². The summed E-state index contributed by atoms with van der Waals surface area (Å²) in [5.74, 6) is -3.52. The van der Waals surface area contributed by atoms with Gasteiger partial charge in [-0.05, 0) is 39.2 Å². The Balaban J connectivity index is 5.06. The van der Waals surface area contributed by atoms with Crippen LogP contribution in [0, 0.1) is 17.8 Å². The zero-order valence-electron chi connectivity index (χ0n) is 18.1. The molecule has 0 spiro atoms. The third kappa shape index (κ3) is 7.81. The average Bonchev–Trinajstić information content (AvgIpc) is 2.68. The molecule has 0 aromatic heterocycles. The van der Waals surface area contributed by atoms with E-state index in [0.29, 0.717) is 12.0 Å². The van der Waals surface area contributed by atoms with Gasteiger partial charge >= 0.3 is 5.97 Å². The topological polar surface area (TPSA) is 110 Å². The van der Waals surface area contributed by atoms with Gasteiger partial charge in [0.05, 0.1) is 24.9 Å². The van der Waals surface area contributed by atoms with Gasteiger partial charge in [0.1, 0.15) is 5.92 Å². The van der Waals surface area contributed by atoms with E-state index in [2.05, 4.69) is 0 Å². The van der Waals surface area contributed by atoms with Crippen molar-refractivity contribution in [2.24, 2.45) is 17.8 Å². The molecular weight excluding hydrogens is 364 g/mol. The number of carbonyl (C=O) groups is 3. The highest BCUT2D eigenvalue weighted by atomic mass is 16.5. The van der Waals surface area contributed by atoms with Crippen molar-refractivity contribution in [2.75, 3.05) is 13.7 Å². The average molecular weight is 401 g/mol. The van der Waals surface area contributed by atoms with Crippen molar-refractivity contribution in [2.45, 2.75) is 72.7 Å². The number of esters is 1. The molecule has 0 fully saturated rings. The number of ether oxygens (including phenoxy) is 2. The van der Waals surface area contributed by atoms with E-state index in [4.69, 9.17) is 14.6 Å². The maximum Gasteiger partial charge on any atom is 0.316 e. The lowest BCUT2D eigenvalue weighted by Gasteiger charge is -2.29. The molecule has 0 aliphatic carbocycles. The molecule has 28 heavy (non-hydrogen) atoms. The Labute approximate surface area is 168 Å². The number of hydrogen-bond acceptors (Lipinski definition) is 7. The smallest absolute Gasteiger partial charge is 0.316 e. The van der Waals surface area contributed by atoms with Crippen LogP contribution in [0.25, 0.3) is 0 Å². The Morgan fingerprint density at radius 1 is 1.11 bits per heavy atom. The van der Waals surface area contributed by atoms with Crippen molar-refractivity contribution in [3.63, 3.8) is 0 Å². The molecule has 0 saturated heterocycles. The largest absolute Gasteiger partial charge is 0.462 e. The summed E-state index contributed by atoms with van der Waals surface area (Å²) in [5, 5.41) is 19.5. The SMILES string of the molecule is CC[C@H](C)OC(=O)[C@H](C)C(=O)[C@H](C)[C@@H](O)[C@@H](C[C@@H](C)C(=O)/C(C)=C/CO)OC. The molecule has 0 aliphatic heterocycles. The summed E-state index contributed by atoms with van der Waals surface area (Å²) >= 11 is 0. The Morgan fingerprint density at radius 2 is 1.68 bits per heavy atom.